The topological polar surface area (TPSA) is 102 Å². The Morgan fingerprint density at radius 3 is 2.58 bits per heavy atom. The van der Waals surface area contributed by atoms with Crippen molar-refractivity contribution in [1.29, 1.82) is 0 Å². The summed E-state index contributed by atoms with van der Waals surface area (Å²) in [5.41, 5.74) is 2.40. The van der Waals surface area contributed by atoms with Crippen LogP contribution in [-0.4, -0.2) is 58.4 Å². The molecule has 3 aromatic heterocycles. The van der Waals surface area contributed by atoms with Crippen LogP contribution in [0, 0.1) is 27.7 Å². The average Bonchev–Trinajstić information content (AvgIpc) is 3.39. The monoisotopic (exact) mass is 471 g/mol. The van der Waals surface area contributed by atoms with Crippen molar-refractivity contribution in [3.63, 3.8) is 0 Å². The largest absolute Gasteiger partial charge is 0.465 e. The maximum atomic E-state index is 13.1. The maximum Gasteiger partial charge on any atom is 0.277 e. The Morgan fingerprint density at radius 2 is 1.91 bits per heavy atom. The van der Waals surface area contributed by atoms with Crippen LogP contribution in [0.15, 0.2) is 21.3 Å². The van der Waals surface area contributed by atoms with E-state index in [1.165, 1.54) is 16.0 Å². The summed E-state index contributed by atoms with van der Waals surface area (Å²) in [7, 11) is 1.62. The standard InChI is InChI=1S/C23H29N5O4S/c1-13-6-7-18(32-13)17(28-8-10-31-11-9-28)12-24-21(29)20-16(4)25-22(33-20)19-14(2)15(3)26-27(5)23(19)30/h6-7,17H,8-12H2,1-5H3,(H,24,29). The van der Waals surface area contributed by atoms with Gasteiger partial charge in [-0.1, -0.05) is 0 Å². The number of amides is 1. The van der Waals surface area contributed by atoms with Crippen molar-refractivity contribution < 1.29 is 13.9 Å². The van der Waals surface area contributed by atoms with Crippen molar-refractivity contribution in [1.82, 2.24) is 25.0 Å². The molecule has 9 nitrogen and oxygen atoms in total. The van der Waals surface area contributed by atoms with Gasteiger partial charge in [-0.15, -0.1) is 11.3 Å². The fourth-order valence-electron chi connectivity index (χ4n) is 4.02. The number of hydrogen-bond donors (Lipinski definition) is 1. The van der Waals surface area contributed by atoms with Gasteiger partial charge >= 0.3 is 0 Å². The van der Waals surface area contributed by atoms with E-state index in [0.717, 1.165) is 35.9 Å². The van der Waals surface area contributed by atoms with Gasteiger partial charge in [-0.05, 0) is 45.4 Å². The Balaban J connectivity index is 1.56. The Bertz CT molecular complexity index is 1220. The Hall–Kier alpha value is -2.82. The van der Waals surface area contributed by atoms with Gasteiger partial charge in [0.2, 0.25) is 0 Å². The van der Waals surface area contributed by atoms with E-state index in [-0.39, 0.29) is 17.5 Å². The van der Waals surface area contributed by atoms with Crippen molar-refractivity contribution in [2.45, 2.75) is 33.7 Å². The molecule has 1 N–H and O–H groups in total. The summed E-state index contributed by atoms with van der Waals surface area (Å²) in [5, 5.41) is 7.82. The van der Waals surface area contributed by atoms with Crippen LogP contribution in [0.4, 0.5) is 0 Å². The van der Waals surface area contributed by atoms with Crippen molar-refractivity contribution in [3.05, 3.63) is 55.8 Å². The van der Waals surface area contributed by atoms with E-state index in [1.807, 2.05) is 32.9 Å². The number of carbonyl (C=O) groups excluding carboxylic acids is 1. The molecule has 0 saturated carbocycles. The second-order valence-electron chi connectivity index (χ2n) is 8.27. The molecule has 0 bridgehead atoms. The first kappa shape index (κ1) is 23.3. The average molecular weight is 472 g/mol. The number of aromatic nitrogens is 3. The third kappa shape index (κ3) is 4.78. The maximum absolute atomic E-state index is 13.1. The number of nitrogens with zero attached hydrogens (tertiary/aromatic N) is 4. The number of ether oxygens (including phenoxy) is 1. The predicted molar refractivity (Wildman–Crippen MR) is 126 cm³/mol. The van der Waals surface area contributed by atoms with Gasteiger partial charge in [-0.2, -0.15) is 5.10 Å². The van der Waals surface area contributed by atoms with Crippen LogP contribution in [0.5, 0.6) is 0 Å². The summed E-state index contributed by atoms with van der Waals surface area (Å²) in [6.45, 7) is 10.7. The molecular weight excluding hydrogens is 442 g/mol. The highest BCUT2D eigenvalue weighted by molar-refractivity contribution is 7.17. The SMILES string of the molecule is Cc1ccc(C(CNC(=O)c2sc(-c3c(C)c(C)nn(C)c3=O)nc2C)N2CCOCC2)o1. The van der Waals surface area contributed by atoms with Crippen molar-refractivity contribution in [3.8, 4) is 10.6 Å². The van der Waals surface area contributed by atoms with Gasteiger partial charge in [-0.25, -0.2) is 9.67 Å². The molecule has 33 heavy (non-hydrogen) atoms. The van der Waals surface area contributed by atoms with Gasteiger partial charge in [0.1, 0.15) is 21.4 Å². The summed E-state index contributed by atoms with van der Waals surface area (Å²) >= 11 is 1.23. The third-order valence-corrected chi connectivity index (χ3v) is 7.15. The Kier molecular flexibility index (Phi) is 6.78. The zero-order chi connectivity index (χ0) is 23.7. The normalized spacial score (nSPS) is 15.5. The van der Waals surface area contributed by atoms with Crippen LogP contribution in [0.3, 0.4) is 0 Å². The molecule has 0 aromatic carbocycles. The number of morpholine rings is 1. The van der Waals surface area contributed by atoms with Gasteiger partial charge in [-0.3, -0.25) is 14.5 Å². The zero-order valence-electron chi connectivity index (χ0n) is 19.6. The number of furan rings is 1. The summed E-state index contributed by atoms with van der Waals surface area (Å²) in [5.74, 6) is 1.45. The number of hydrogen-bond acceptors (Lipinski definition) is 8. The summed E-state index contributed by atoms with van der Waals surface area (Å²) in [4.78, 5) is 33.2. The molecule has 1 saturated heterocycles. The van der Waals surface area contributed by atoms with Gasteiger partial charge in [0.25, 0.3) is 11.5 Å². The van der Waals surface area contributed by atoms with Gasteiger partial charge < -0.3 is 14.5 Å². The lowest BCUT2D eigenvalue weighted by Crippen LogP contribution is -2.43. The molecule has 0 spiro atoms. The highest BCUT2D eigenvalue weighted by atomic mass is 32.1. The molecule has 4 rings (SSSR count). The van der Waals surface area contributed by atoms with E-state index in [2.05, 4.69) is 20.3 Å². The fraction of sp³-hybridized carbons (Fsp3) is 0.478. The smallest absolute Gasteiger partial charge is 0.277 e. The summed E-state index contributed by atoms with van der Waals surface area (Å²) in [6, 6.07) is 3.81. The molecule has 10 heteroatoms. The first-order valence-corrected chi connectivity index (χ1v) is 11.8. The zero-order valence-corrected chi connectivity index (χ0v) is 20.4. The molecule has 1 amide bonds. The predicted octanol–water partition coefficient (Wildman–Crippen LogP) is 2.53. The molecule has 1 unspecified atom stereocenters. The lowest BCUT2D eigenvalue weighted by atomic mass is 10.1. The van der Waals surface area contributed by atoms with Crippen molar-refractivity contribution >= 4 is 17.2 Å². The van der Waals surface area contributed by atoms with E-state index in [9.17, 15) is 9.59 Å². The second-order valence-corrected chi connectivity index (χ2v) is 9.27. The van der Waals surface area contributed by atoms with Crippen molar-refractivity contribution in [2.24, 2.45) is 7.05 Å². The lowest BCUT2D eigenvalue weighted by Gasteiger charge is -2.33. The molecule has 1 aliphatic heterocycles. The van der Waals surface area contributed by atoms with Gasteiger partial charge in [0, 0.05) is 26.7 Å². The minimum Gasteiger partial charge on any atom is -0.465 e. The number of nitrogens with one attached hydrogen (secondary N) is 1. The fourth-order valence-corrected chi connectivity index (χ4v) is 5.09. The Labute approximate surface area is 196 Å². The van der Waals surface area contributed by atoms with Crippen LogP contribution in [0.2, 0.25) is 0 Å². The van der Waals surface area contributed by atoms with Crippen LogP contribution >= 0.6 is 11.3 Å². The molecular formula is C23H29N5O4S. The van der Waals surface area contributed by atoms with Crippen molar-refractivity contribution in [2.75, 3.05) is 32.8 Å². The molecule has 0 aliphatic carbocycles. The molecule has 4 heterocycles. The van der Waals surface area contributed by atoms with Crippen LogP contribution in [-0.2, 0) is 11.8 Å². The van der Waals surface area contributed by atoms with Crippen LogP contribution in [0.1, 0.15) is 44.2 Å². The molecule has 176 valence electrons. The third-order valence-electron chi connectivity index (χ3n) is 5.97. The van der Waals surface area contributed by atoms with E-state index in [4.69, 9.17) is 9.15 Å². The Morgan fingerprint density at radius 1 is 1.18 bits per heavy atom. The van der Waals surface area contributed by atoms with Crippen LogP contribution in [0.25, 0.3) is 10.6 Å². The van der Waals surface area contributed by atoms with E-state index in [1.54, 1.807) is 14.0 Å². The lowest BCUT2D eigenvalue weighted by molar-refractivity contribution is 0.0117. The summed E-state index contributed by atoms with van der Waals surface area (Å²) in [6.07, 6.45) is 0. The molecule has 1 aliphatic rings. The van der Waals surface area contributed by atoms with E-state index in [0.29, 0.717) is 40.9 Å². The van der Waals surface area contributed by atoms with E-state index < -0.39 is 0 Å². The number of thiazole rings is 1. The first-order chi connectivity index (χ1) is 15.8. The minimum atomic E-state index is -0.223. The van der Waals surface area contributed by atoms with Crippen LogP contribution < -0.4 is 10.9 Å². The molecule has 3 aromatic rings. The minimum absolute atomic E-state index is 0.0865. The molecule has 1 fully saturated rings. The quantitative estimate of drug-likeness (QED) is 0.589. The number of aryl methyl sites for hydroxylation is 4. The van der Waals surface area contributed by atoms with E-state index >= 15 is 0 Å². The first-order valence-electron chi connectivity index (χ1n) is 10.9. The van der Waals surface area contributed by atoms with Gasteiger partial charge in [0.15, 0.2) is 0 Å². The number of rotatable bonds is 6. The molecule has 1 atom stereocenters. The highest BCUT2D eigenvalue weighted by Crippen LogP contribution is 2.29. The second kappa shape index (κ2) is 9.58. The number of carbonyl (C=O) groups is 1. The van der Waals surface area contributed by atoms with Gasteiger partial charge in [0.05, 0.1) is 36.2 Å². The molecule has 0 radical (unpaired) electrons. The summed E-state index contributed by atoms with van der Waals surface area (Å²) < 4.78 is 12.7. The highest BCUT2D eigenvalue weighted by Gasteiger charge is 2.27.